The van der Waals surface area contributed by atoms with Gasteiger partial charge in [0.2, 0.25) is 0 Å². The second-order valence-corrected chi connectivity index (χ2v) is 5.98. The summed E-state index contributed by atoms with van der Waals surface area (Å²) in [6, 6.07) is 4.91. The average Bonchev–Trinajstić information content (AvgIpc) is 2.66. The van der Waals surface area contributed by atoms with Crippen molar-refractivity contribution in [3.05, 3.63) is 34.5 Å². The zero-order chi connectivity index (χ0) is 13.6. The predicted molar refractivity (Wildman–Crippen MR) is 73.0 cm³/mol. The van der Waals surface area contributed by atoms with Gasteiger partial charge in [0.25, 0.3) is 5.91 Å². The molecule has 0 saturated carbocycles. The zero-order valence-corrected chi connectivity index (χ0v) is 11.3. The number of nitrogens with zero attached hydrogens (tertiary/aromatic N) is 1. The van der Waals surface area contributed by atoms with Crippen LogP contribution in [0.2, 0.25) is 0 Å². The van der Waals surface area contributed by atoms with E-state index in [4.69, 9.17) is 5.11 Å². The van der Waals surface area contributed by atoms with Gasteiger partial charge in [-0.3, -0.25) is 4.79 Å². The molecule has 1 N–H and O–H groups in total. The Morgan fingerprint density at radius 2 is 2.26 bits per heavy atom. The van der Waals surface area contributed by atoms with E-state index in [9.17, 15) is 9.18 Å². The van der Waals surface area contributed by atoms with Crippen LogP contribution in [0.1, 0.15) is 15.2 Å². The largest absolute Gasteiger partial charge is 0.396 e. The summed E-state index contributed by atoms with van der Waals surface area (Å²) in [5.41, 5.74) is 0.718. The molecule has 19 heavy (non-hydrogen) atoms. The number of hydrogen-bond donors (Lipinski definition) is 1. The molecule has 100 valence electrons. The van der Waals surface area contributed by atoms with Gasteiger partial charge in [0.05, 0.1) is 4.88 Å². The van der Waals surface area contributed by atoms with Gasteiger partial charge < -0.3 is 10.0 Å². The molecule has 1 fully saturated rings. The Labute approximate surface area is 114 Å². The van der Waals surface area contributed by atoms with Crippen LogP contribution in [-0.4, -0.2) is 35.6 Å². The molecule has 0 aliphatic carbocycles. The zero-order valence-electron chi connectivity index (χ0n) is 10.5. The van der Waals surface area contributed by atoms with Crippen LogP contribution >= 0.6 is 11.3 Å². The van der Waals surface area contributed by atoms with Gasteiger partial charge in [-0.05, 0) is 24.6 Å². The van der Waals surface area contributed by atoms with E-state index in [1.54, 1.807) is 17.9 Å². The number of rotatable bonds is 2. The lowest BCUT2D eigenvalue weighted by atomic mass is 10.0. The van der Waals surface area contributed by atoms with Crippen molar-refractivity contribution in [2.24, 2.45) is 5.92 Å². The van der Waals surface area contributed by atoms with Crippen LogP contribution in [0.3, 0.4) is 0 Å². The van der Waals surface area contributed by atoms with Gasteiger partial charge in [0, 0.05) is 35.7 Å². The number of aliphatic hydroxyl groups excluding tert-OH is 1. The first-order valence-corrected chi connectivity index (χ1v) is 7.01. The molecule has 0 spiro atoms. The molecular formula is C14H14FNO2S. The van der Waals surface area contributed by atoms with E-state index in [2.05, 4.69) is 0 Å². The lowest BCUT2D eigenvalue weighted by molar-refractivity contribution is 0.0366. The summed E-state index contributed by atoms with van der Waals surface area (Å²) < 4.78 is 14.6. The van der Waals surface area contributed by atoms with Crippen molar-refractivity contribution < 1.29 is 14.3 Å². The fraction of sp³-hybridized carbons (Fsp3) is 0.357. The topological polar surface area (TPSA) is 40.5 Å². The molecule has 1 aromatic heterocycles. The Morgan fingerprint density at radius 3 is 2.89 bits per heavy atom. The van der Waals surface area contributed by atoms with E-state index >= 15 is 0 Å². The van der Waals surface area contributed by atoms with Crippen molar-refractivity contribution >= 4 is 27.3 Å². The molecule has 1 aliphatic rings. The Hall–Kier alpha value is -1.46. The first kappa shape index (κ1) is 12.6. The van der Waals surface area contributed by atoms with Crippen molar-refractivity contribution in [3.63, 3.8) is 0 Å². The van der Waals surface area contributed by atoms with Crippen molar-refractivity contribution in [1.29, 1.82) is 0 Å². The van der Waals surface area contributed by atoms with Crippen molar-refractivity contribution in [2.45, 2.75) is 6.92 Å². The fourth-order valence-corrected chi connectivity index (χ4v) is 3.64. The maximum absolute atomic E-state index is 13.8. The molecule has 2 aromatic rings. The van der Waals surface area contributed by atoms with Crippen LogP contribution in [-0.2, 0) is 0 Å². The molecule has 2 heterocycles. The van der Waals surface area contributed by atoms with Gasteiger partial charge in [-0.25, -0.2) is 4.39 Å². The molecule has 0 atom stereocenters. The van der Waals surface area contributed by atoms with Crippen molar-refractivity contribution in [1.82, 2.24) is 4.90 Å². The molecule has 1 saturated heterocycles. The first-order valence-electron chi connectivity index (χ1n) is 6.19. The fourth-order valence-electron chi connectivity index (χ4n) is 2.45. The quantitative estimate of drug-likeness (QED) is 0.917. The molecule has 5 heteroatoms. The molecule has 1 aromatic carbocycles. The van der Waals surface area contributed by atoms with E-state index in [1.165, 1.54) is 17.4 Å². The second-order valence-electron chi connectivity index (χ2n) is 4.93. The second kappa shape index (κ2) is 4.58. The summed E-state index contributed by atoms with van der Waals surface area (Å²) in [4.78, 5) is 14.6. The van der Waals surface area contributed by atoms with Crippen LogP contribution in [0, 0.1) is 18.7 Å². The first-order chi connectivity index (χ1) is 9.11. The third-order valence-corrected chi connectivity index (χ3v) is 4.84. The van der Waals surface area contributed by atoms with Gasteiger partial charge in [-0.2, -0.15) is 0 Å². The molecule has 3 nitrogen and oxygen atoms in total. The summed E-state index contributed by atoms with van der Waals surface area (Å²) in [5.74, 6) is -0.139. The average molecular weight is 279 g/mol. The minimum Gasteiger partial charge on any atom is -0.396 e. The smallest absolute Gasteiger partial charge is 0.264 e. The van der Waals surface area contributed by atoms with Gasteiger partial charge in [0.1, 0.15) is 5.82 Å². The number of likely N-dealkylation sites (tertiary alicyclic amines) is 1. The minimum absolute atomic E-state index is 0.0530. The van der Waals surface area contributed by atoms with Crippen molar-refractivity contribution in [3.8, 4) is 0 Å². The Morgan fingerprint density at radius 1 is 1.53 bits per heavy atom. The number of benzene rings is 1. The third kappa shape index (κ3) is 1.93. The summed E-state index contributed by atoms with van der Waals surface area (Å²) in [7, 11) is 0. The number of aliphatic hydroxyl groups is 1. The summed E-state index contributed by atoms with van der Waals surface area (Å²) >= 11 is 1.34. The molecule has 0 radical (unpaired) electrons. The highest BCUT2D eigenvalue weighted by Crippen LogP contribution is 2.34. The number of hydrogen-bond acceptors (Lipinski definition) is 3. The Kier molecular flexibility index (Phi) is 3.03. The highest BCUT2D eigenvalue weighted by molar-refractivity contribution is 7.21. The lowest BCUT2D eigenvalue weighted by Gasteiger charge is -2.38. The lowest BCUT2D eigenvalue weighted by Crippen LogP contribution is -2.51. The normalized spacial score (nSPS) is 15.8. The molecule has 1 amide bonds. The van der Waals surface area contributed by atoms with Gasteiger partial charge in [0.15, 0.2) is 0 Å². The third-order valence-electron chi connectivity index (χ3n) is 3.60. The number of carbonyl (C=O) groups excluding carboxylic acids is 1. The monoisotopic (exact) mass is 279 g/mol. The van der Waals surface area contributed by atoms with E-state index in [-0.39, 0.29) is 24.2 Å². The summed E-state index contributed by atoms with van der Waals surface area (Å²) in [6.07, 6.45) is 0. The van der Waals surface area contributed by atoms with E-state index in [1.807, 2.05) is 6.07 Å². The minimum atomic E-state index is -0.276. The maximum Gasteiger partial charge on any atom is 0.264 e. The Bertz CT molecular complexity index is 646. The number of fused-ring (bicyclic) bond motifs is 1. The number of aryl methyl sites for hydroxylation is 1. The molecular weight excluding hydrogens is 265 g/mol. The van der Waals surface area contributed by atoms with E-state index in [0.717, 1.165) is 10.3 Å². The van der Waals surface area contributed by atoms with E-state index < -0.39 is 0 Å². The van der Waals surface area contributed by atoms with E-state index in [0.29, 0.717) is 23.4 Å². The molecule has 0 unspecified atom stereocenters. The molecule has 1 aliphatic heterocycles. The highest BCUT2D eigenvalue weighted by atomic mass is 32.1. The highest BCUT2D eigenvalue weighted by Gasteiger charge is 2.32. The van der Waals surface area contributed by atoms with Gasteiger partial charge in [-0.15, -0.1) is 11.3 Å². The van der Waals surface area contributed by atoms with Crippen molar-refractivity contribution in [2.75, 3.05) is 19.7 Å². The van der Waals surface area contributed by atoms with Crippen LogP contribution < -0.4 is 0 Å². The predicted octanol–water partition coefficient (Wildman–Crippen LogP) is 2.41. The standard InChI is InChI=1S/C14H14FNO2S/c1-8-12-10(15)3-2-4-11(12)19-13(8)14(18)16-5-9(6-16)7-17/h2-4,9,17H,5-7H2,1H3. The summed E-state index contributed by atoms with van der Waals surface area (Å²) in [5, 5.41) is 9.53. The van der Waals surface area contributed by atoms with Crippen LogP contribution in [0.4, 0.5) is 4.39 Å². The van der Waals surface area contributed by atoms with Gasteiger partial charge >= 0.3 is 0 Å². The Balaban J connectivity index is 1.95. The molecule has 3 rings (SSSR count). The van der Waals surface area contributed by atoms with Crippen LogP contribution in [0.5, 0.6) is 0 Å². The molecule has 0 bridgehead atoms. The number of halogens is 1. The summed E-state index contributed by atoms with van der Waals surface area (Å²) in [6.45, 7) is 3.08. The SMILES string of the molecule is Cc1c(C(=O)N2CC(CO)C2)sc2cccc(F)c12. The maximum atomic E-state index is 13.8. The van der Waals surface area contributed by atoms with Crippen LogP contribution in [0.15, 0.2) is 18.2 Å². The number of amides is 1. The number of thiophene rings is 1. The van der Waals surface area contributed by atoms with Gasteiger partial charge in [-0.1, -0.05) is 6.07 Å². The number of carbonyl (C=O) groups is 1. The van der Waals surface area contributed by atoms with Crippen LogP contribution in [0.25, 0.3) is 10.1 Å².